The summed E-state index contributed by atoms with van der Waals surface area (Å²) in [6, 6.07) is 0. The Morgan fingerprint density at radius 1 is 0.689 bits per heavy atom. The van der Waals surface area contributed by atoms with Crippen LogP contribution in [0.2, 0.25) is 0 Å². The summed E-state index contributed by atoms with van der Waals surface area (Å²) in [4.78, 5) is 47.7. The van der Waals surface area contributed by atoms with Gasteiger partial charge in [-0.15, -0.1) is 0 Å². The number of cyclic esters (lactones) is 1. The normalized spacial score (nSPS) is 14.5. The van der Waals surface area contributed by atoms with Crippen LogP contribution >= 0.6 is 11.9 Å². The lowest BCUT2D eigenvalue weighted by molar-refractivity contribution is -0.132. The van der Waals surface area contributed by atoms with Gasteiger partial charge in [0.05, 0.1) is 6.20 Å². The highest BCUT2D eigenvalue weighted by atomic mass is 32.2. The molecule has 0 saturated heterocycles. The minimum absolute atomic E-state index is 0. The van der Waals surface area contributed by atoms with Crippen molar-refractivity contribution in [3.8, 4) is 0 Å². The molecule has 61 heavy (non-hydrogen) atoms. The van der Waals surface area contributed by atoms with Gasteiger partial charge in [-0.25, -0.2) is 35.7 Å². The van der Waals surface area contributed by atoms with E-state index in [2.05, 4.69) is 118 Å². The van der Waals surface area contributed by atoms with Crippen LogP contribution in [0.3, 0.4) is 0 Å². The van der Waals surface area contributed by atoms with Crippen molar-refractivity contribution in [1.29, 1.82) is 0 Å². The molecule has 0 unspecified atom stereocenters. The number of aromatic amines is 1. The number of rotatable bonds is 7. The van der Waals surface area contributed by atoms with Crippen LogP contribution in [0.15, 0.2) is 90.6 Å². The molecule has 0 aromatic carbocycles. The van der Waals surface area contributed by atoms with Crippen LogP contribution in [-0.4, -0.2) is 66.2 Å². The van der Waals surface area contributed by atoms with Gasteiger partial charge in [0.25, 0.3) is 0 Å². The second kappa shape index (κ2) is 29.4. The van der Waals surface area contributed by atoms with E-state index in [1.54, 1.807) is 12.5 Å². The molecular formula is C41H69N13O6S. The molecule has 0 atom stereocenters. The maximum atomic E-state index is 10.4. The summed E-state index contributed by atoms with van der Waals surface area (Å²) in [5.41, 5.74) is 5.31. The molecule has 0 aliphatic carbocycles. The third kappa shape index (κ3) is 23.6. The van der Waals surface area contributed by atoms with Gasteiger partial charge in [0, 0.05) is 53.4 Å². The van der Waals surface area contributed by atoms with Crippen LogP contribution in [0.4, 0.5) is 0 Å². The van der Waals surface area contributed by atoms with Crippen molar-refractivity contribution in [2.45, 2.75) is 122 Å². The molecule has 4 N–H and O–H groups in total. The number of amidine groups is 3. The lowest BCUT2D eigenvalue weighted by Gasteiger charge is -2.01. The second-order valence-electron chi connectivity index (χ2n) is 15.0. The standard InChI is InChI=1S/2C6H10N2O.C6H10N2S.C6H9NO2.C6H9NO.C5H9N3.C5H8N2O.CH4/c3*1-4(2)6-7-5(3)9-8-6;1-4(2)6-7-3-5(8)9-6;1-5(2)6-7-3-4-8-6;1-4(2)5-6-3-7-8-5;1-4(2)5-6-3-8-7-5;/h3*4H,3H2,1-2H3,(H,7,8);4H,3H2,1-2H3;3-5H,1-2H3;3-4H,1-2H3,(H,6,7,8);3-4H,1-2H3;1H4. The molecule has 7 heterocycles. The molecule has 0 spiro atoms. The largest absolute Gasteiger partial charge is 0.449 e. The summed E-state index contributed by atoms with van der Waals surface area (Å²) in [5.74, 6) is 9.18. The number of carbonyl (C=O) groups excluding carboxylic acids is 1. The van der Waals surface area contributed by atoms with E-state index in [1.807, 2.05) is 69.2 Å². The first-order valence-corrected chi connectivity index (χ1v) is 20.4. The Hall–Kier alpha value is -5.79. The fourth-order valence-electron chi connectivity index (χ4n) is 3.68. The smallest absolute Gasteiger partial charge is 0.334 e. The Balaban J connectivity index is 0.000000687. The van der Waals surface area contributed by atoms with Crippen molar-refractivity contribution < 1.29 is 28.1 Å². The number of ether oxygens (including phenoxy) is 1. The first-order valence-electron chi connectivity index (χ1n) is 19.6. The van der Waals surface area contributed by atoms with Gasteiger partial charge in [-0.05, 0) is 13.2 Å². The quantitative estimate of drug-likeness (QED) is 0.128. The number of aliphatic imine (C=N–C) groups is 4. The van der Waals surface area contributed by atoms with Crippen molar-refractivity contribution >= 4 is 41.3 Å². The second-order valence-corrected chi connectivity index (χ2v) is 15.9. The van der Waals surface area contributed by atoms with Gasteiger partial charge in [0.2, 0.25) is 18.2 Å². The monoisotopic (exact) mass is 872 g/mol. The Morgan fingerprint density at radius 3 is 1.46 bits per heavy atom. The fraction of sp³-hybridized carbons (Fsp3) is 0.561. The van der Waals surface area contributed by atoms with Crippen LogP contribution in [0.25, 0.3) is 0 Å². The summed E-state index contributed by atoms with van der Waals surface area (Å²) in [6.07, 6.45) is 6.12. The summed E-state index contributed by atoms with van der Waals surface area (Å²) >= 11 is 1.49. The molecule has 19 nitrogen and oxygen atoms in total. The molecule has 0 fully saturated rings. The Kier molecular flexibility index (Phi) is 26.6. The third-order valence-corrected chi connectivity index (χ3v) is 7.73. The van der Waals surface area contributed by atoms with Crippen molar-refractivity contribution in [3.05, 3.63) is 79.3 Å². The van der Waals surface area contributed by atoms with Crippen molar-refractivity contribution in [2.24, 2.45) is 43.6 Å². The number of hydrogen-bond donors (Lipinski definition) is 4. The molecular weight excluding hydrogens is 803 g/mol. The predicted molar refractivity (Wildman–Crippen MR) is 243 cm³/mol. The van der Waals surface area contributed by atoms with Gasteiger partial charge < -0.3 is 28.1 Å². The summed E-state index contributed by atoms with van der Waals surface area (Å²) in [7, 11) is 0. The van der Waals surface area contributed by atoms with Crippen LogP contribution in [0, 0.1) is 23.7 Å². The van der Waals surface area contributed by atoms with Crippen LogP contribution < -0.4 is 15.7 Å². The fourth-order valence-corrected chi connectivity index (χ4v) is 4.33. The van der Waals surface area contributed by atoms with E-state index in [-0.39, 0.29) is 25.9 Å². The number of hydroxylamine groups is 2. The number of H-pyrrole nitrogens is 1. The maximum Gasteiger partial charge on any atom is 0.334 e. The van der Waals surface area contributed by atoms with E-state index in [1.165, 1.54) is 24.7 Å². The SMILES string of the molecule is C.C=C1N=C(C(C)C)NO1.C=C1N=C(C(C)C)NO1.C=C1N=C(C(C)C)NS1.CC(C)C1=NCC(=O)O1.CC(C)c1ncco1.CC(C)c1ncn[nH]1.CC(C)c1ncon1. The highest BCUT2D eigenvalue weighted by molar-refractivity contribution is 8.02. The zero-order valence-electron chi connectivity index (χ0n) is 37.6. The summed E-state index contributed by atoms with van der Waals surface area (Å²) in [5, 5.41) is 11.0. The average molecular weight is 872 g/mol. The van der Waals surface area contributed by atoms with Gasteiger partial charge in [-0.2, -0.15) is 20.1 Å². The molecule has 3 aromatic heterocycles. The lowest BCUT2D eigenvalue weighted by Crippen LogP contribution is -2.21. The number of aromatic nitrogens is 6. The number of esters is 1. The maximum absolute atomic E-state index is 10.4. The van der Waals surface area contributed by atoms with E-state index in [9.17, 15) is 4.79 Å². The molecule has 3 aromatic rings. The molecule has 4 aliphatic heterocycles. The van der Waals surface area contributed by atoms with Gasteiger partial charge in [-0.3, -0.25) is 5.10 Å². The first kappa shape index (κ1) is 55.2. The molecule has 20 heteroatoms. The molecule has 340 valence electrons. The van der Waals surface area contributed by atoms with Crippen LogP contribution in [0.1, 0.15) is 140 Å². The van der Waals surface area contributed by atoms with Crippen molar-refractivity contribution in [3.63, 3.8) is 0 Å². The predicted octanol–water partition coefficient (Wildman–Crippen LogP) is 9.01. The zero-order valence-corrected chi connectivity index (χ0v) is 38.4. The molecule has 0 saturated carbocycles. The highest BCUT2D eigenvalue weighted by Gasteiger charge is 2.18. The van der Waals surface area contributed by atoms with E-state index in [0.717, 1.165) is 40.1 Å². The van der Waals surface area contributed by atoms with E-state index >= 15 is 0 Å². The Bertz CT molecular complexity index is 1650. The number of nitrogens with one attached hydrogen (secondary N) is 4. The highest BCUT2D eigenvalue weighted by Crippen LogP contribution is 2.19. The minimum atomic E-state index is -0.237. The Morgan fingerprint density at radius 2 is 1.26 bits per heavy atom. The Labute approximate surface area is 366 Å². The van der Waals surface area contributed by atoms with Crippen molar-refractivity contribution in [2.75, 3.05) is 6.54 Å². The number of carbonyl (C=O) groups is 1. The number of oxazole rings is 1. The molecule has 7 rings (SSSR count). The lowest BCUT2D eigenvalue weighted by atomic mass is 10.2. The zero-order chi connectivity index (χ0) is 45.4. The van der Waals surface area contributed by atoms with E-state index in [0.29, 0.717) is 53.2 Å². The summed E-state index contributed by atoms with van der Waals surface area (Å²) in [6.45, 7) is 39.4. The summed E-state index contributed by atoms with van der Waals surface area (Å²) < 4.78 is 17.3. The van der Waals surface area contributed by atoms with Gasteiger partial charge >= 0.3 is 5.97 Å². The molecule has 0 radical (unpaired) electrons. The van der Waals surface area contributed by atoms with E-state index < -0.39 is 0 Å². The van der Waals surface area contributed by atoms with Gasteiger partial charge in [0.15, 0.2) is 17.6 Å². The average Bonchev–Trinajstić information content (AvgIpc) is 4.03. The van der Waals surface area contributed by atoms with Gasteiger partial charge in [0.1, 0.15) is 47.5 Å². The molecule has 0 amide bonds. The van der Waals surface area contributed by atoms with E-state index in [4.69, 9.17) is 18.8 Å². The van der Waals surface area contributed by atoms with Crippen LogP contribution in [0.5, 0.6) is 0 Å². The van der Waals surface area contributed by atoms with Crippen molar-refractivity contribution in [1.82, 2.24) is 46.0 Å². The first-order chi connectivity index (χ1) is 28.2. The number of hydrogen-bond acceptors (Lipinski definition) is 19. The topological polar surface area (TPSA) is 237 Å². The number of nitrogens with zero attached hydrogens (tertiary/aromatic N) is 9. The molecule has 4 aliphatic rings. The minimum Gasteiger partial charge on any atom is -0.449 e. The van der Waals surface area contributed by atoms with Crippen LogP contribution in [-0.2, 0) is 19.2 Å². The van der Waals surface area contributed by atoms with Gasteiger partial charge in [-0.1, -0.05) is 116 Å². The molecule has 0 bridgehead atoms. The third-order valence-electron chi connectivity index (χ3n) is 7.09.